The fourth-order valence-electron chi connectivity index (χ4n) is 2.57. The summed E-state index contributed by atoms with van der Waals surface area (Å²) < 4.78 is 0.722. The number of hydrogen-bond donors (Lipinski definition) is 4. The molecule has 14 nitrogen and oxygen atoms in total. The van der Waals surface area contributed by atoms with Crippen LogP contribution >= 0.6 is 35.3 Å². The van der Waals surface area contributed by atoms with E-state index in [2.05, 4.69) is 16.0 Å². The molecule has 0 fully saturated rings. The van der Waals surface area contributed by atoms with Gasteiger partial charge in [-0.1, -0.05) is 96.1 Å². The summed E-state index contributed by atoms with van der Waals surface area (Å²) in [7, 11) is 1.62. The van der Waals surface area contributed by atoms with E-state index in [1.807, 2.05) is 145 Å². The summed E-state index contributed by atoms with van der Waals surface area (Å²) in [5.41, 5.74) is 7.82. The van der Waals surface area contributed by atoms with E-state index in [1.165, 1.54) is 42.2 Å². The molecule has 0 spiro atoms. The number of rotatable bonds is 11. The van der Waals surface area contributed by atoms with E-state index in [4.69, 9.17) is 11.0 Å². The van der Waals surface area contributed by atoms with Crippen LogP contribution in [0.2, 0.25) is 0 Å². The number of nitrogens with one attached hydrogen (secondary N) is 3. The van der Waals surface area contributed by atoms with Gasteiger partial charge in [0.2, 0.25) is 0 Å². The number of nitrogens with zero attached hydrogens (tertiary/aromatic N) is 4. The fraction of sp³-hybridized carbons (Fsp3) is 0.262. The molecular formula is C42H74N8O6Re3Rf3S3-6. The summed E-state index contributed by atoms with van der Waals surface area (Å²) >= 11 is 4.06. The van der Waals surface area contributed by atoms with Crippen LogP contribution in [0, 0.1) is 86.2 Å². The maximum Gasteiger partial charge on any atom is 0.274 e. The maximum atomic E-state index is 10.2. The first-order valence-electron chi connectivity index (χ1n) is 16.1. The molecule has 369 valence electrons. The number of nitrogen functional groups attached to an aromatic ring is 1. The molecule has 0 atom stereocenters. The van der Waals surface area contributed by atoms with Crippen LogP contribution in [0.15, 0.2) is 125 Å². The molecule has 3 radical (unpaired) electrons. The zero-order chi connectivity index (χ0) is 41.9. The third-order valence-electron chi connectivity index (χ3n) is 4.45. The van der Waals surface area contributed by atoms with Crippen LogP contribution in [0.3, 0.4) is 0 Å². The van der Waals surface area contributed by atoms with E-state index < -0.39 is 14.8 Å². The number of nitro groups is 3. The first-order valence-corrected chi connectivity index (χ1v) is 19.7. The Kier molecular flexibility index (Phi) is 154. The first kappa shape index (κ1) is 112. The normalized spacial score (nSPS) is 7.23. The van der Waals surface area contributed by atoms with Gasteiger partial charge in [0.25, 0.3) is 18.6 Å². The molecule has 65 heavy (non-hydrogen) atoms. The van der Waals surface area contributed by atoms with E-state index in [0.29, 0.717) is 10.9 Å². The second-order valence-electron chi connectivity index (χ2n) is 7.82. The molecule has 0 aromatic heterocycles. The second kappa shape index (κ2) is 88.9. The van der Waals surface area contributed by atoms with Gasteiger partial charge in [-0.25, -0.2) is 0 Å². The van der Waals surface area contributed by atoms with Crippen molar-refractivity contribution < 1.29 is 76.0 Å². The average Bonchev–Trinajstić information content (AvgIpc) is 3.17. The predicted octanol–water partition coefficient (Wildman–Crippen LogP) is 13.3. The Labute approximate surface area is 431 Å². The molecule has 0 aliphatic rings. The summed E-state index contributed by atoms with van der Waals surface area (Å²) in [6.07, 6.45) is 8.25. The Balaban J connectivity index is -0.0000000286. The van der Waals surface area contributed by atoms with Crippen molar-refractivity contribution in [3.63, 3.8) is 0 Å². The Morgan fingerprint density at radius 1 is 0.569 bits per heavy atom. The summed E-state index contributed by atoms with van der Waals surface area (Å²) in [5.74, 6) is 0.348. The topological polar surface area (TPSA) is 215 Å². The average molecular weight is 2240 g/mol. The minimum absolute atomic E-state index is 0. The van der Waals surface area contributed by atoms with Crippen LogP contribution in [0.1, 0.15) is 48.5 Å². The number of para-hydroxylation sites is 3. The van der Waals surface area contributed by atoms with Crippen LogP contribution in [0.5, 0.6) is 0 Å². The minimum Gasteiger partial charge on any atom is -0.399 e. The molecule has 3 aromatic carbocycles. The van der Waals surface area contributed by atoms with E-state index in [0.717, 1.165) is 39.9 Å². The molecule has 0 saturated heterocycles. The van der Waals surface area contributed by atoms with Crippen molar-refractivity contribution in [1.29, 1.82) is 5.26 Å². The summed E-state index contributed by atoms with van der Waals surface area (Å²) in [4.78, 5) is 28.8. The van der Waals surface area contributed by atoms with Gasteiger partial charge in [0.05, 0.1) is 20.8 Å². The van der Waals surface area contributed by atoms with Gasteiger partial charge < -0.3 is 66.2 Å². The van der Waals surface area contributed by atoms with E-state index in [-0.39, 0.29) is 106 Å². The standard InChI is InChI=1S/C9H11N3O2.C9H10N2O2S.C6H7N.C4H7NO2S2.C2H3N.3C2H6.6CH3.3Re.3Rf/c1-10-9(7-12(13)14)11-8-5-3-2-4-6-8;1-14-9(7-11(12)13)10-8-5-3-2-4-6-8;7-6-4-2-1-3-5-6;1-8-4(9-2)3-5(6)7;1-2-3;3*1-2;;;;;;;;;;;;/h2-7,10-11H,1H3;2-7,10H,1H3;1-5H,7H2;3H,1-2H3;1H3;3*1-2H3;6*1H3;;;;;;/q;;;;;;;;6*-1;;;;;;/b9-7+;9-7-;;;;;;;;;;;;;;;;;;. The molecule has 0 heterocycles. The second-order valence-corrected chi connectivity index (χ2v) is 10.6. The van der Waals surface area contributed by atoms with Gasteiger partial charge in [0.1, 0.15) is 9.27 Å². The van der Waals surface area contributed by atoms with Gasteiger partial charge in [0, 0.05) is 92.3 Å². The molecule has 5 N–H and O–H groups in total. The van der Waals surface area contributed by atoms with Gasteiger partial charge in [0.15, 0.2) is 5.82 Å². The van der Waals surface area contributed by atoms with Gasteiger partial charge in [-0.05, 0) is 55.2 Å². The monoisotopic (exact) mass is 2240 g/mol. The first-order chi connectivity index (χ1) is 25.4. The quantitative estimate of drug-likeness (QED) is 0.0608. The number of thioether (sulfide) groups is 3. The molecule has 0 aliphatic carbocycles. The molecular weight excluding hydrogens is 2170 g/mol. The van der Waals surface area contributed by atoms with Crippen molar-refractivity contribution in [2.45, 2.75) is 48.5 Å². The van der Waals surface area contributed by atoms with Crippen molar-refractivity contribution in [2.24, 2.45) is 0 Å². The molecule has 0 bridgehead atoms. The van der Waals surface area contributed by atoms with Crippen LogP contribution < -0.4 is 21.7 Å². The van der Waals surface area contributed by atoms with Crippen LogP contribution in [0.4, 0.5) is 17.1 Å². The number of nitrogens with two attached hydrogens (primary N) is 1. The smallest absolute Gasteiger partial charge is 0.274 e. The summed E-state index contributed by atoms with van der Waals surface area (Å²) in [6.45, 7) is 13.4. The predicted molar refractivity (Wildman–Crippen MR) is 270 cm³/mol. The van der Waals surface area contributed by atoms with Crippen molar-refractivity contribution in [2.75, 3.05) is 42.2 Å². The SMILES string of the molecule is CC.CC.CC.CC#N.CN/C(=C\[N+](=O)[O-])Nc1ccccc1.CS/C(=C\[N+](=O)[O-])Nc1ccccc1.CSC(=C[N+](=O)[O-])SC.Nc1ccccc1.[CH3-].[CH3-].[CH3-].[CH3-].[CH3-].[CH3-].[Re].[Re].[Re].[Rf].[Rf].[Rf]. The van der Waals surface area contributed by atoms with Gasteiger partial charge in [-0.2, -0.15) is 5.26 Å². The third kappa shape index (κ3) is 85.8. The van der Waals surface area contributed by atoms with E-state index in [9.17, 15) is 30.3 Å². The van der Waals surface area contributed by atoms with E-state index in [1.54, 1.807) is 19.4 Å². The summed E-state index contributed by atoms with van der Waals surface area (Å²) in [6, 6.07) is 29.8. The Bertz CT molecular complexity index is 1410. The largest absolute Gasteiger partial charge is 0.399 e. The maximum absolute atomic E-state index is 10.2. The van der Waals surface area contributed by atoms with Crippen LogP contribution in [-0.4, -0.2) is 40.6 Å². The molecule has 0 amide bonds. The van der Waals surface area contributed by atoms with Gasteiger partial charge >= 0.3 is 0 Å². The molecule has 3 aromatic rings. The third-order valence-corrected chi connectivity index (χ3v) is 7.12. The Morgan fingerprint density at radius 3 is 1.05 bits per heavy atom. The number of benzene rings is 3. The number of hydrogen-bond acceptors (Lipinski definition) is 14. The van der Waals surface area contributed by atoms with Crippen LogP contribution in [-0.2, 0) is 61.3 Å². The molecule has 3 rings (SSSR count). The minimum atomic E-state index is -0.512. The molecule has 23 heteroatoms. The van der Waals surface area contributed by atoms with Crippen molar-refractivity contribution in [3.05, 3.63) is 200 Å². The molecule has 0 unspecified atom stereocenters. The number of nitriles is 1. The molecule has 0 aliphatic heterocycles. The van der Waals surface area contributed by atoms with Crippen molar-refractivity contribution in [3.8, 4) is 6.07 Å². The molecule has 0 saturated carbocycles. The van der Waals surface area contributed by atoms with Gasteiger partial charge in [-0.15, -0.1) is 35.3 Å². The van der Waals surface area contributed by atoms with E-state index >= 15 is 0 Å². The fourth-order valence-corrected chi connectivity index (χ4v) is 4.03. The zero-order valence-electron chi connectivity index (χ0n) is 41.7. The number of anilines is 3. The van der Waals surface area contributed by atoms with Gasteiger partial charge in [-0.3, -0.25) is 30.3 Å². The zero-order valence-corrected chi connectivity index (χ0v) is 71.5. The Hall–Kier alpha value is -6.19. The van der Waals surface area contributed by atoms with Crippen molar-refractivity contribution in [1.82, 2.24) is 5.32 Å². The van der Waals surface area contributed by atoms with Crippen molar-refractivity contribution >= 4 is 52.3 Å². The summed E-state index contributed by atoms with van der Waals surface area (Å²) in [5, 5.41) is 46.6. The van der Waals surface area contributed by atoms with Crippen LogP contribution in [0.25, 0.3) is 0 Å². The Morgan fingerprint density at radius 2 is 0.846 bits per heavy atom.